The standard InChI is InChI=1S/C20H17N5O3/c1-13-7-8-14(11-18(13)25(26)27)19-10-9-15(28-19)12-21-23-20-22-16-5-3-4-6-17(16)24(20)2/h3-12H,1-2H3,(H,22,23)/b21-12-. The van der Waals surface area contributed by atoms with E-state index in [1.165, 1.54) is 12.3 Å². The summed E-state index contributed by atoms with van der Waals surface area (Å²) >= 11 is 0. The molecule has 0 radical (unpaired) electrons. The smallest absolute Gasteiger partial charge is 0.273 e. The summed E-state index contributed by atoms with van der Waals surface area (Å²) < 4.78 is 7.64. The van der Waals surface area contributed by atoms with E-state index in [1.807, 2.05) is 35.9 Å². The first kappa shape index (κ1) is 17.5. The summed E-state index contributed by atoms with van der Waals surface area (Å²) in [6.45, 7) is 1.70. The van der Waals surface area contributed by atoms with Crippen LogP contribution >= 0.6 is 0 Å². The Balaban J connectivity index is 1.52. The van der Waals surface area contributed by atoms with E-state index < -0.39 is 4.92 Å². The van der Waals surface area contributed by atoms with Gasteiger partial charge in [0.05, 0.1) is 22.2 Å². The average molecular weight is 375 g/mol. The van der Waals surface area contributed by atoms with Crippen molar-refractivity contribution in [3.8, 4) is 11.3 Å². The number of nitro groups is 1. The molecular formula is C20H17N5O3. The molecule has 0 saturated carbocycles. The summed E-state index contributed by atoms with van der Waals surface area (Å²) in [5, 5.41) is 15.3. The Morgan fingerprint density at radius 1 is 1.21 bits per heavy atom. The molecule has 140 valence electrons. The molecule has 2 heterocycles. The zero-order chi connectivity index (χ0) is 19.7. The zero-order valence-electron chi connectivity index (χ0n) is 15.3. The average Bonchev–Trinajstić information content (AvgIpc) is 3.28. The second kappa shape index (κ2) is 6.99. The van der Waals surface area contributed by atoms with Crippen molar-refractivity contribution in [1.82, 2.24) is 9.55 Å². The molecule has 2 aromatic heterocycles. The van der Waals surface area contributed by atoms with Crippen LogP contribution in [0.1, 0.15) is 11.3 Å². The first-order chi connectivity index (χ1) is 13.5. The number of hydrogen-bond donors (Lipinski definition) is 1. The van der Waals surface area contributed by atoms with Gasteiger partial charge in [-0.05, 0) is 31.2 Å². The fourth-order valence-electron chi connectivity index (χ4n) is 2.94. The molecule has 4 rings (SSSR count). The monoisotopic (exact) mass is 375 g/mol. The summed E-state index contributed by atoms with van der Waals surface area (Å²) in [6.07, 6.45) is 1.53. The number of fused-ring (bicyclic) bond motifs is 1. The lowest BCUT2D eigenvalue weighted by Crippen LogP contribution is -1.98. The lowest BCUT2D eigenvalue weighted by atomic mass is 10.1. The molecule has 8 heteroatoms. The maximum atomic E-state index is 11.1. The SMILES string of the molecule is Cc1ccc(-c2ccc(/C=N\Nc3nc4ccccc4n3C)o2)cc1[N+](=O)[O-]. The van der Waals surface area contributed by atoms with Crippen LogP contribution in [0.2, 0.25) is 0 Å². The lowest BCUT2D eigenvalue weighted by molar-refractivity contribution is -0.385. The molecule has 0 aliphatic heterocycles. The van der Waals surface area contributed by atoms with E-state index in [2.05, 4.69) is 15.5 Å². The highest BCUT2D eigenvalue weighted by atomic mass is 16.6. The van der Waals surface area contributed by atoms with Gasteiger partial charge in [-0.15, -0.1) is 0 Å². The number of anilines is 1. The van der Waals surface area contributed by atoms with Crippen LogP contribution in [-0.4, -0.2) is 20.7 Å². The molecule has 0 amide bonds. The lowest BCUT2D eigenvalue weighted by Gasteiger charge is -2.00. The van der Waals surface area contributed by atoms with Crippen molar-refractivity contribution in [2.24, 2.45) is 12.1 Å². The van der Waals surface area contributed by atoms with Gasteiger partial charge < -0.3 is 8.98 Å². The number of hydrogen-bond acceptors (Lipinski definition) is 6. The minimum Gasteiger partial charge on any atom is -0.455 e. The second-order valence-corrected chi connectivity index (χ2v) is 6.31. The molecule has 1 N–H and O–H groups in total. The molecular weight excluding hydrogens is 358 g/mol. The number of nitro benzene ring substituents is 1. The number of benzene rings is 2. The predicted molar refractivity (Wildman–Crippen MR) is 107 cm³/mol. The molecule has 0 spiro atoms. The van der Waals surface area contributed by atoms with Crippen molar-refractivity contribution in [2.45, 2.75) is 6.92 Å². The van der Waals surface area contributed by atoms with Crippen LogP contribution in [-0.2, 0) is 7.05 Å². The molecule has 0 unspecified atom stereocenters. The van der Waals surface area contributed by atoms with E-state index in [-0.39, 0.29) is 5.69 Å². The van der Waals surface area contributed by atoms with Crippen molar-refractivity contribution in [3.05, 3.63) is 76.0 Å². The van der Waals surface area contributed by atoms with E-state index in [4.69, 9.17) is 4.42 Å². The third kappa shape index (κ3) is 3.23. The fraction of sp³-hybridized carbons (Fsp3) is 0.100. The molecule has 0 bridgehead atoms. The molecule has 0 aliphatic rings. The van der Waals surface area contributed by atoms with Gasteiger partial charge in [0, 0.05) is 24.2 Å². The van der Waals surface area contributed by atoms with Crippen LogP contribution in [0.15, 0.2) is 64.1 Å². The van der Waals surface area contributed by atoms with Gasteiger partial charge in [0.1, 0.15) is 11.5 Å². The summed E-state index contributed by atoms with van der Waals surface area (Å²) in [7, 11) is 1.91. The minimum atomic E-state index is -0.398. The van der Waals surface area contributed by atoms with Gasteiger partial charge in [-0.25, -0.2) is 10.4 Å². The summed E-state index contributed by atoms with van der Waals surface area (Å²) in [5.74, 6) is 1.66. The third-order valence-electron chi connectivity index (χ3n) is 4.46. The Labute approximate surface area is 160 Å². The van der Waals surface area contributed by atoms with Gasteiger partial charge in [-0.2, -0.15) is 5.10 Å². The maximum Gasteiger partial charge on any atom is 0.273 e. The number of hydrazone groups is 1. The van der Waals surface area contributed by atoms with E-state index in [1.54, 1.807) is 31.2 Å². The molecule has 8 nitrogen and oxygen atoms in total. The largest absolute Gasteiger partial charge is 0.455 e. The van der Waals surface area contributed by atoms with Gasteiger partial charge >= 0.3 is 0 Å². The van der Waals surface area contributed by atoms with E-state index in [9.17, 15) is 10.1 Å². The Kier molecular flexibility index (Phi) is 4.36. The number of nitrogens with zero attached hydrogens (tertiary/aromatic N) is 4. The third-order valence-corrected chi connectivity index (χ3v) is 4.46. The molecule has 0 saturated heterocycles. The topological polar surface area (TPSA) is 98.5 Å². The molecule has 0 fully saturated rings. The van der Waals surface area contributed by atoms with Crippen LogP contribution in [0, 0.1) is 17.0 Å². The quantitative estimate of drug-likeness (QED) is 0.315. The highest BCUT2D eigenvalue weighted by Crippen LogP contribution is 2.28. The molecule has 4 aromatic rings. The van der Waals surface area contributed by atoms with E-state index in [0.717, 1.165) is 11.0 Å². The summed E-state index contributed by atoms with van der Waals surface area (Å²) in [4.78, 5) is 15.2. The molecule has 28 heavy (non-hydrogen) atoms. The second-order valence-electron chi connectivity index (χ2n) is 6.31. The number of nitrogens with one attached hydrogen (secondary N) is 1. The van der Waals surface area contributed by atoms with Gasteiger partial charge in [-0.1, -0.05) is 24.3 Å². The van der Waals surface area contributed by atoms with Crippen molar-refractivity contribution in [2.75, 3.05) is 5.43 Å². The summed E-state index contributed by atoms with van der Waals surface area (Å²) in [5.41, 5.74) is 6.09. The Hall–Kier alpha value is -3.94. The van der Waals surface area contributed by atoms with Crippen LogP contribution in [0.3, 0.4) is 0 Å². The normalized spacial score (nSPS) is 11.4. The highest BCUT2D eigenvalue weighted by molar-refractivity contribution is 5.80. The fourth-order valence-corrected chi connectivity index (χ4v) is 2.94. The number of aromatic nitrogens is 2. The summed E-state index contributed by atoms with van der Waals surface area (Å²) in [6, 6.07) is 16.3. The van der Waals surface area contributed by atoms with Gasteiger partial charge in [0.25, 0.3) is 5.69 Å². The number of para-hydroxylation sites is 2. The van der Waals surface area contributed by atoms with E-state index >= 15 is 0 Å². The molecule has 0 aliphatic carbocycles. The molecule has 0 atom stereocenters. The zero-order valence-corrected chi connectivity index (χ0v) is 15.3. The van der Waals surface area contributed by atoms with Crippen molar-refractivity contribution < 1.29 is 9.34 Å². The maximum absolute atomic E-state index is 11.1. The van der Waals surface area contributed by atoms with Gasteiger partial charge in [0.15, 0.2) is 0 Å². The number of furan rings is 1. The number of rotatable bonds is 5. The van der Waals surface area contributed by atoms with Crippen molar-refractivity contribution in [3.63, 3.8) is 0 Å². The van der Waals surface area contributed by atoms with Crippen molar-refractivity contribution >= 4 is 28.9 Å². The highest BCUT2D eigenvalue weighted by Gasteiger charge is 2.13. The Morgan fingerprint density at radius 3 is 2.82 bits per heavy atom. The van der Waals surface area contributed by atoms with Crippen LogP contribution in [0.5, 0.6) is 0 Å². The minimum absolute atomic E-state index is 0.0626. The predicted octanol–water partition coefficient (Wildman–Crippen LogP) is 4.50. The van der Waals surface area contributed by atoms with Gasteiger partial charge in [-0.3, -0.25) is 10.1 Å². The first-order valence-electron chi connectivity index (χ1n) is 8.59. The Morgan fingerprint density at radius 2 is 2.04 bits per heavy atom. The van der Waals surface area contributed by atoms with E-state index in [0.29, 0.717) is 28.6 Å². The Bertz CT molecular complexity index is 1210. The number of imidazole rings is 1. The molecule has 2 aromatic carbocycles. The van der Waals surface area contributed by atoms with Gasteiger partial charge in [0.2, 0.25) is 5.95 Å². The number of aryl methyl sites for hydroxylation is 2. The van der Waals surface area contributed by atoms with Crippen molar-refractivity contribution in [1.29, 1.82) is 0 Å². The van der Waals surface area contributed by atoms with Crippen LogP contribution in [0.25, 0.3) is 22.4 Å². The van der Waals surface area contributed by atoms with Crippen LogP contribution in [0.4, 0.5) is 11.6 Å². The first-order valence-corrected chi connectivity index (χ1v) is 8.59. The van der Waals surface area contributed by atoms with Crippen LogP contribution < -0.4 is 5.43 Å².